The Hall–Kier alpha value is -0.780. The van der Waals surface area contributed by atoms with Crippen molar-refractivity contribution in [1.29, 1.82) is 0 Å². The largest absolute Gasteiger partial charge is 0.327 e. The van der Waals surface area contributed by atoms with Crippen LogP contribution in [-0.2, 0) is 13.5 Å². The third kappa shape index (κ3) is 3.87. The molecule has 5 heteroatoms. The number of benzene rings is 1. The first-order chi connectivity index (χ1) is 9.49. The van der Waals surface area contributed by atoms with Crippen LogP contribution in [-0.4, -0.2) is 15.8 Å². The predicted molar refractivity (Wildman–Crippen MR) is 88.2 cm³/mol. The van der Waals surface area contributed by atoms with Crippen LogP contribution in [0, 0.1) is 6.92 Å². The summed E-state index contributed by atoms with van der Waals surface area (Å²) in [6.07, 6.45) is 1.92. The predicted octanol–water partition coefficient (Wildman–Crippen LogP) is 3.92. The van der Waals surface area contributed by atoms with Crippen molar-refractivity contribution in [3.8, 4) is 0 Å². The van der Waals surface area contributed by atoms with Gasteiger partial charge in [-0.2, -0.15) is 5.10 Å². The molecule has 2 N–H and O–H groups in total. The van der Waals surface area contributed by atoms with Gasteiger partial charge in [-0.3, -0.25) is 4.68 Å². The van der Waals surface area contributed by atoms with Crippen LogP contribution < -0.4 is 5.73 Å². The topological polar surface area (TPSA) is 43.8 Å². The molecule has 2 aromatic rings. The molecule has 0 saturated heterocycles. The Morgan fingerprint density at radius 1 is 1.40 bits per heavy atom. The molecule has 1 aromatic heterocycles. The highest BCUT2D eigenvalue weighted by atomic mass is 79.9. The molecule has 2 rings (SSSR count). The summed E-state index contributed by atoms with van der Waals surface area (Å²) in [5.41, 5.74) is 8.32. The molecule has 0 aliphatic rings. The molecule has 108 valence electrons. The van der Waals surface area contributed by atoms with E-state index in [0.717, 1.165) is 28.0 Å². The summed E-state index contributed by atoms with van der Waals surface area (Å²) in [7, 11) is 1.97. The van der Waals surface area contributed by atoms with E-state index in [9.17, 15) is 0 Å². The molecule has 1 atom stereocenters. The molecule has 20 heavy (non-hydrogen) atoms. The summed E-state index contributed by atoms with van der Waals surface area (Å²) < 4.78 is 3.02. The smallest absolute Gasteiger partial charge is 0.0987 e. The fourth-order valence-corrected chi connectivity index (χ4v) is 3.59. The van der Waals surface area contributed by atoms with Gasteiger partial charge in [0.1, 0.15) is 0 Å². The lowest BCUT2D eigenvalue weighted by molar-refractivity contribution is 0.646. The Labute approximate surface area is 133 Å². The minimum Gasteiger partial charge on any atom is -0.327 e. The van der Waals surface area contributed by atoms with E-state index in [1.165, 1.54) is 10.5 Å². The number of rotatable bonds is 5. The highest BCUT2D eigenvalue weighted by Gasteiger charge is 2.09. The monoisotopic (exact) mass is 353 g/mol. The summed E-state index contributed by atoms with van der Waals surface area (Å²) in [4.78, 5) is 1.20. The van der Waals surface area contributed by atoms with E-state index in [0.29, 0.717) is 0 Å². The van der Waals surface area contributed by atoms with Crippen LogP contribution in [0.5, 0.6) is 0 Å². The normalized spacial score (nSPS) is 12.7. The van der Waals surface area contributed by atoms with Crippen LogP contribution in [0.25, 0.3) is 0 Å². The average molecular weight is 354 g/mol. The maximum absolute atomic E-state index is 6.01. The SMILES string of the molecule is CCC(N)Cc1ccc(Sc2cc(C)nn2C)c(Br)c1. The van der Waals surface area contributed by atoms with Crippen molar-refractivity contribution in [2.45, 2.75) is 42.7 Å². The van der Waals surface area contributed by atoms with Gasteiger partial charge in [-0.15, -0.1) is 0 Å². The van der Waals surface area contributed by atoms with Gasteiger partial charge in [0.15, 0.2) is 0 Å². The number of nitrogens with zero attached hydrogens (tertiary/aromatic N) is 2. The minimum atomic E-state index is 0.236. The first kappa shape index (κ1) is 15.6. The van der Waals surface area contributed by atoms with Crippen molar-refractivity contribution >= 4 is 27.7 Å². The van der Waals surface area contributed by atoms with Crippen molar-refractivity contribution in [3.63, 3.8) is 0 Å². The molecule has 0 fully saturated rings. The van der Waals surface area contributed by atoms with Crippen molar-refractivity contribution < 1.29 is 0 Å². The molecular formula is C15H20BrN3S. The lowest BCUT2D eigenvalue weighted by Gasteiger charge is -2.11. The molecule has 0 spiro atoms. The highest BCUT2D eigenvalue weighted by Crippen LogP contribution is 2.34. The van der Waals surface area contributed by atoms with Gasteiger partial charge in [-0.05, 0) is 59.5 Å². The van der Waals surface area contributed by atoms with Gasteiger partial charge in [0.05, 0.1) is 10.7 Å². The second-order valence-electron chi connectivity index (χ2n) is 4.99. The summed E-state index contributed by atoms with van der Waals surface area (Å²) in [6.45, 7) is 4.13. The number of halogens is 1. The third-order valence-electron chi connectivity index (χ3n) is 3.19. The molecule has 1 unspecified atom stereocenters. The van der Waals surface area contributed by atoms with Gasteiger partial charge in [-0.25, -0.2) is 0 Å². The Bertz CT molecular complexity index is 595. The van der Waals surface area contributed by atoms with Crippen LogP contribution in [0.4, 0.5) is 0 Å². The van der Waals surface area contributed by atoms with Gasteiger partial charge >= 0.3 is 0 Å². The Balaban J connectivity index is 2.15. The highest BCUT2D eigenvalue weighted by molar-refractivity contribution is 9.10. The first-order valence-corrected chi connectivity index (χ1v) is 8.33. The van der Waals surface area contributed by atoms with Crippen LogP contribution in [0.1, 0.15) is 24.6 Å². The average Bonchev–Trinajstić information content (AvgIpc) is 2.71. The van der Waals surface area contributed by atoms with Crippen LogP contribution >= 0.6 is 27.7 Å². The third-order valence-corrected chi connectivity index (χ3v) is 5.28. The molecule has 0 amide bonds. The molecule has 0 radical (unpaired) electrons. The van der Waals surface area contributed by atoms with E-state index >= 15 is 0 Å². The molecular weight excluding hydrogens is 334 g/mol. The fourth-order valence-electron chi connectivity index (χ4n) is 2.00. The number of hydrogen-bond donors (Lipinski definition) is 1. The zero-order valence-corrected chi connectivity index (χ0v) is 14.5. The summed E-state index contributed by atoms with van der Waals surface area (Å²) in [6, 6.07) is 8.81. The lowest BCUT2D eigenvalue weighted by Crippen LogP contribution is -2.21. The summed E-state index contributed by atoms with van der Waals surface area (Å²) >= 11 is 5.37. The number of aryl methyl sites for hydroxylation is 2. The van der Waals surface area contributed by atoms with E-state index in [1.807, 2.05) is 18.7 Å². The lowest BCUT2D eigenvalue weighted by atomic mass is 10.1. The van der Waals surface area contributed by atoms with E-state index in [-0.39, 0.29) is 6.04 Å². The number of aromatic nitrogens is 2. The van der Waals surface area contributed by atoms with Crippen molar-refractivity contribution in [3.05, 3.63) is 40.0 Å². The van der Waals surface area contributed by atoms with Crippen molar-refractivity contribution in [2.75, 3.05) is 0 Å². The number of nitrogens with two attached hydrogens (primary N) is 1. The second kappa shape index (κ2) is 6.78. The standard InChI is InChI=1S/C15H20BrN3S/c1-4-12(17)8-11-5-6-14(13(16)9-11)20-15-7-10(2)18-19(15)3/h5-7,9,12H,4,8,17H2,1-3H3. The molecule has 0 aliphatic carbocycles. The van der Waals surface area contributed by atoms with Gasteiger partial charge in [0.2, 0.25) is 0 Å². The minimum absolute atomic E-state index is 0.236. The molecule has 0 aliphatic heterocycles. The first-order valence-electron chi connectivity index (χ1n) is 6.72. The quantitative estimate of drug-likeness (QED) is 0.885. The van der Waals surface area contributed by atoms with E-state index in [4.69, 9.17) is 5.73 Å². The molecule has 1 aromatic carbocycles. The van der Waals surface area contributed by atoms with Gasteiger partial charge in [0.25, 0.3) is 0 Å². The summed E-state index contributed by atoms with van der Waals surface area (Å²) in [5.74, 6) is 0. The second-order valence-corrected chi connectivity index (χ2v) is 6.90. The van der Waals surface area contributed by atoms with E-state index < -0.39 is 0 Å². The summed E-state index contributed by atoms with van der Waals surface area (Å²) in [5, 5.41) is 5.51. The van der Waals surface area contributed by atoms with E-state index in [1.54, 1.807) is 11.8 Å². The zero-order chi connectivity index (χ0) is 14.7. The molecule has 0 bridgehead atoms. The van der Waals surface area contributed by atoms with Crippen LogP contribution in [0.2, 0.25) is 0 Å². The molecule has 1 heterocycles. The Kier molecular flexibility index (Phi) is 5.29. The van der Waals surface area contributed by atoms with Gasteiger partial charge in [0, 0.05) is 22.5 Å². The van der Waals surface area contributed by atoms with Crippen LogP contribution in [0.15, 0.2) is 38.7 Å². The molecule has 0 saturated carbocycles. The molecule has 3 nitrogen and oxygen atoms in total. The Morgan fingerprint density at radius 2 is 2.15 bits per heavy atom. The fraction of sp³-hybridized carbons (Fsp3) is 0.400. The van der Waals surface area contributed by atoms with Gasteiger partial charge < -0.3 is 5.73 Å². The van der Waals surface area contributed by atoms with Crippen molar-refractivity contribution in [1.82, 2.24) is 9.78 Å². The zero-order valence-electron chi connectivity index (χ0n) is 12.1. The maximum Gasteiger partial charge on any atom is 0.0987 e. The van der Waals surface area contributed by atoms with Gasteiger partial charge in [-0.1, -0.05) is 24.8 Å². The maximum atomic E-state index is 6.01. The van der Waals surface area contributed by atoms with Crippen molar-refractivity contribution in [2.24, 2.45) is 12.8 Å². The van der Waals surface area contributed by atoms with E-state index in [2.05, 4.69) is 52.2 Å². The Morgan fingerprint density at radius 3 is 2.70 bits per heavy atom. The number of hydrogen-bond acceptors (Lipinski definition) is 3. The van der Waals surface area contributed by atoms with Crippen LogP contribution in [0.3, 0.4) is 0 Å².